The summed E-state index contributed by atoms with van der Waals surface area (Å²) in [5.41, 5.74) is 0.328. The van der Waals surface area contributed by atoms with E-state index >= 15 is 0 Å². The Balaban J connectivity index is 0.000000303. The zero-order valence-electron chi connectivity index (χ0n) is 24.3. The van der Waals surface area contributed by atoms with E-state index < -0.39 is 24.3 Å². The highest BCUT2D eigenvalue weighted by Gasteiger charge is 2.64. The lowest BCUT2D eigenvalue weighted by Crippen LogP contribution is -2.49. The maximum absolute atomic E-state index is 13.7. The molecule has 3 saturated heterocycles. The predicted octanol–water partition coefficient (Wildman–Crippen LogP) is 5.26. The highest BCUT2D eigenvalue weighted by atomic mass is 32.1. The van der Waals surface area contributed by atoms with Crippen molar-refractivity contribution in [3.63, 3.8) is 0 Å². The van der Waals surface area contributed by atoms with Gasteiger partial charge >= 0.3 is 24.3 Å². The van der Waals surface area contributed by atoms with Crippen LogP contribution in [0.4, 0.5) is 26.3 Å². The van der Waals surface area contributed by atoms with Crippen LogP contribution in [-0.4, -0.2) is 101 Å². The first-order valence-corrected chi connectivity index (χ1v) is 15.1. The van der Waals surface area contributed by atoms with Gasteiger partial charge in [-0.3, -0.25) is 9.69 Å². The van der Waals surface area contributed by atoms with Gasteiger partial charge < -0.3 is 20.0 Å². The monoisotopic (exact) mass is 643 g/mol. The van der Waals surface area contributed by atoms with Gasteiger partial charge in [0.25, 0.3) is 0 Å². The lowest BCUT2D eigenvalue weighted by Gasteiger charge is -2.45. The summed E-state index contributed by atoms with van der Waals surface area (Å²) in [6, 6.07) is 4.55. The largest absolute Gasteiger partial charge is 0.490 e. The Morgan fingerprint density at radius 2 is 1.42 bits per heavy atom. The summed E-state index contributed by atoms with van der Waals surface area (Å²) in [5, 5.41) is 14.2. The first-order chi connectivity index (χ1) is 19.9. The van der Waals surface area contributed by atoms with E-state index in [-0.39, 0.29) is 5.41 Å². The number of hydrogen-bond acceptors (Lipinski definition) is 6. The molecule has 5 rings (SSSR count). The normalized spacial score (nSPS) is 25.5. The smallest absolute Gasteiger partial charge is 0.475 e. The van der Waals surface area contributed by atoms with Crippen molar-refractivity contribution < 1.29 is 50.9 Å². The number of nitrogens with zero attached hydrogens (tertiary/aromatic N) is 3. The van der Waals surface area contributed by atoms with Crippen molar-refractivity contribution in [1.29, 1.82) is 0 Å². The number of carbonyl (C=O) groups is 3. The molecule has 8 nitrogen and oxygen atoms in total. The molecule has 244 valence electrons. The summed E-state index contributed by atoms with van der Waals surface area (Å²) < 4.78 is 63.5. The minimum Gasteiger partial charge on any atom is -0.475 e. The van der Waals surface area contributed by atoms with Gasteiger partial charge in [0.1, 0.15) is 0 Å². The number of carboxylic acids is 2. The molecular formula is C28H39F6N3O5S. The minimum absolute atomic E-state index is 0.0760. The molecule has 15 heteroatoms. The molecule has 4 heterocycles. The van der Waals surface area contributed by atoms with Crippen LogP contribution in [0.3, 0.4) is 0 Å². The van der Waals surface area contributed by atoms with E-state index in [1.54, 1.807) is 0 Å². The Hall–Kier alpha value is -2.39. The fraction of sp³-hybridized carbons (Fsp3) is 0.750. The summed E-state index contributed by atoms with van der Waals surface area (Å²) in [7, 11) is 0. The first kappa shape index (κ1) is 35.1. The standard InChI is InChI=1S/C24H37N3OS.2C2HF3O2/c1-3-25-17-21-23(8-9-24(21,18-25)22(28)27-12-4-5-13-27)10-14-26(15-11-23)16-20-7-6-19(2)29-20;2*3-2(4,5)1(6)7/h6-7,21H,3-5,8-18H2,1-2H3;2*(H,6,7)/t21-,24+;;/m0../s1. The molecule has 3 aliphatic heterocycles. The van der Waals surface area contributed by atoms with Crippen LogP contribution in [0.5, 0.6) is 0 Å². The number of fused-ring (bicyclic) bond motifs is 2. The molecule has 0 radical (unpaired) electrons. The quantitative estimate of drug-likeness (QED) is 0.432. The summed E-state index contributed by atoms with van der Waals surface area (Å²) in [6.07, 6.45) is -2.78. The molecule has 1 amide bonds. The molecule has 1 aromatic heterocycles. The van der Waals surface area contributed by atoms with E-state index in [1.807, 2.05) is 11.3 Å². The van der Waals surface area contributed by atoms with Gasteiger partial charge in [-0.1, -0.05) is 6.92 Å². The third-order valence-corrected chi connectivity index (χ3v) is 10.2. The van der Waals surface area contributed by atoms with Crippen LogP contribution in [0.2, 0.25) is 0 Å². The van der Waals surface area contributed by atoms with Crippen LogP contribution in [0.1, 0.15) is 55.2 Å². The number of likely N-dealkylation sites (tertiary alicyclic amines) is 3. The predicted molar refractivity (Wildman–Crippen MR) is 146 cm³/mol. The average Bonchev–Trinajstić information content (AvgIpc) is 3.71. The Labute approximate surface area is 250 Å². The van der Waals surface area contributed by atoms with E-state index in [2.05, 4.69) is 40.7 Å². The minimum atomic E-state index is -5.08. The molecule has 4 fully saturated rings. The summed E-state index contributed by atoms with van der Waals surface area (Å²) in [6.45, 7) is 13.2. The summed E-state index contributed by atoms with van der Waals surface area (Å²) in [4.78, 5) is 41.9. The molecule has 4 aliphatic rings. The molecule has 0 unspecified atom stereocenters. The zero-order chi connectivity index (χ0) is 32.2. The Bertz CT molecular complexity index is 1100. The second-order valence-electron chi connectivity index (χ2n) is 11.8. The van der Waals surface area contributed by atoms with E-state index in [0.717, 1.165) is 45.7 Å². The zero-order valence-corrected chi connectivity index (χ0v) is 25.1. The van der Waals surface area contributed by atoms with Crippen molar-refractivity contribution in [3.8, 4) is 0 Å². The van der Waals surface area contributed by atoms with Crippen LogP contribution in [0.25, 0.3) is 0 Å². The van der Waals surface area contributed by atoms with Crippen LogP contribution >= 0.6 is 11.3 Å². The number of aryl methyl sites for hydroxylation is 1. The number of carbonyl (C=O) groups excluding carboxylic acids is 1. The van der Waals surface area contributed by atoms with Crippen LogP contribution in [-0.2, 0) is 20.9 Å². The van der Waals surface area contributed by atoms with E-state index in [9.17, 15) is 31.1 Å². The van der Waals surface area contributed by atoms with E-state index in [0.29, 0.717) is 17.2 Å². The Morgan fingerprint density at radius 3 is 1.86 bits per heavy atom. The van der Waals surface area contributed by atoms with Gasteiger partial charge in [0.2, 0.25) is 5.91 Å². The molecule has 0 bridgehead atoms. The number of thiophene rings is 1. The number of carboxylic acid groups (broad SMARTS) is 2. The molecule has 1 spiro atoms. The number of piperidine rings is 1. The van der Waals surface area contributed by atoms with Crippen molar-refractivity contribution in [3.05, 3.63) is 21.9 Å². The van der Waals surface area contributed by atoms with Crippen LogP contribution < -0.4 is 0 Å². The second kappa shape index (κ2) is 13.7. The van der Waals surface area contributed by atoms with Gasteiger partial charge in [-0.05, 0) is 88.5 Å². The molecule has 1 aliphatic carbocycles. The maximum atomic E-state index is 13.7. The number of amides is 1. The Kier molecular flexibility index (Phi) is 11.2. The van der Waals surface area contributed by atoms with E-state index in [4.69, 9.17) is 19.8 Å². The van der Waals surface area contributed by atoms with Crippen LogP contribution in [0, 0.1) is 23.7 Å². The number of aliphatic carboxylic acids is 2. The topological polar surface area (TPSA) is 101 Å². The number of halogens is 6. The fourth-order valence-electron chi connectivity index (χ4n) is 7.03. The third kappa shape index (κ3) is 8.41. The van der Waals surface area contributed by atoms with Crippen molar-refractivity contribution >= 4 is 29.2 Å². The third-order valence-electron chi connectivity index (χ3n) is 9.20. The summed E-state index contributed by atoms with van der Waals surface area (Å²) >= 11 is 1.94. The van der Waals surface area contributed by atoms with Crippen LogP contribution in [0.15, 0.2) is 12.1 Å². The van der Waals surface area contributed by atoms with Crippen molar-refractivity contribution in [2.24, 2.45) is 16.7 Å². The molecule has 1 aromatic rings. The lowest BCUT2D eigenvalue weighted by atomic mass is 9.65. The maximum Gasteiger partial charge on any atom is 0.490 e. The van der Waals surface area contributed by atoms with Gasteiger partial charge in [-0.25, -0.2) is 9.59 Å². The molecule has 1 saturated carbocycles. The highest BCUT2D eigenvalue weighted by Crippen LogP contribution is 2.62. The lowest BCUT2D eigenvalue weighted by molar-refractivity contribution is -0.193. The molecule has 0 aromatic carbocycles. The number of hydrogen-bond donors (Lipinski definition) is 2. The molecule has 2 atom stereocenters. The SMILES string of the molecule is CCN1C[C@H]2C3(CCN(Cc4ccc(C)s4)CC3)CC[C@@]2(C(=O)N2CCCC2)C1.O=C(O)C(F)(F)F.O=C(O)C(F)(F)F. The van der Waals surface area contributed by atoms with Gasteiger partial charge in [-0.15, -0.1) is 11.3 Å². The number of alkyl halides is 6. The molecular weight excluding hydrogens is 604 g/mol. The van der Waals surface area contributed by atoms with Crippen molar-refractivity contribution in [2.45, 2.75) is 71.3 Å². The van der Waals surface area contributed by atoms with E-state index in [1.165, 1.54) is 54.9 Å². The van der Waals surface area contributed by atoms with Gasteiger partial charge in [-0.2, -0.15) is 26.3 Å². The Morgan fingerprint density at radius 1 is 0.884 bits per heavy atom. The van der Waals surface area contributed by atoms with Crippen molar-refractivity contribution in [1.82, 2.24) is 14.7 Å². The van der Waals surface area contributed by atoms with Crippen molar-refractivity contribution in [2.75, 3.05) is 45.8 Å². The molecule has 43 heavy (non-hydrogen) atoms. The first-order valence-electron chi connectivity index (χ1n) is 14.3. The van der Waals surface area contributed by atoms with Gasteiger partial charge in [0.05, 0.1) is 5.41 Å². The average molecular weight is 644 g/mol. The van der Waals surface area contributed by atoms with Gasteiger partial charge in [0, 0.05) is 42.5 Å². The highest BCUT2D eigenvalue weighted by molar-refractivity contribution is 7.11. The number of rotatable bonds is 4. The second-order valence-corrected chi connectivity index (χ2v) is 13.2. The summed E-state index contributed by atoms with van der Waals surface area (Å²) in [5.74, 6) is -4.42. The fourth-order valence-corrected chi connectivity index (χ4v) is 7.96. The molecule has 2 N–H and O–H groups in total. The van der Waals surface area contributed by atoms with Gasteiger partial charge in [0.15, 0.2) is 0 Å².